The quantitative estimate of drug-likeness (QED) is 0.725. The molecule has 14 heavy (non-hydrogen) atoms. The molecule has 0 unspecified atom stereocenters. The Bertz CT molecular complexity index is 256. The molecule has 0 aliphatic rings. The molecule has 1 N–H and O–H groups in total. The molecule has 0 fully saturated rings. The van der Waals surface area contributed by atoms with Crippen LogP contribution in [0.2, 0.25) is 5.02 Å². The molecular weight excluding hydrogens is 202 g/mol. The third kappa shape index (κ3) is 3.65. The second kappa shape index (κ2) is 6.01. The Morgan fingerprint density at radius 2 is 2.36 bits per heavy atom. The lowest BCUT2D eigenvalue weighted by Gasteiger charge is -2.03. The van der Waals surface area contributed by atoms with Crippen LogP contribution in [0.5, 0.6) is 0 Å². The van der Waals surface area contributed by atoms with Gasteiger partial charge in [0.05, 0.1) is 23.9 Å². The fourth-order valence-electron chi connectivity index (χ4n) is 1.10. The van der Waals surface area contributed by atoms with Crippen LogP contribution >= 0.6 is 11.6 Å². The standard InChI is InChI=1S/C9H16ClN3O/c1-8-9(10)7-13(12-8)5-3-11-4-6-14-2/h7,11H,3-6H2,1-2H3. The third-order valence-electron chi connectivity index (χ3n) is 1.89. The number of aromatic nitrogens is 2. The summed E-state index contributed by atoms with van der Waals surface area (Å²) in [6.45, 7) is 5.21. The Kier molecular flexibility index (Phi) is 4.93. The SMILES string of the molecule is COCCNCCn1cc(Cl)c(C)n1. The molecule has 0 bridgehead atoms. The smallest absolute Gasteiger partial charge is 0.0814 e. The Labute approximate surface area is 89.2 Å². The first-order valence-corrected chi connectivity index (χ1v) is 5.01. The second-order valence-electron chi connectivity index (χ2n) is 3.07. The van der Waals surface area contributed by atoms with E-state index < -0.39 is 0 Å². The van der Waals surface area contributed by atoms with Crippen LogP contribution in [0, 0.1) is 6.92 Å². The number of nitrogens with one attached hydrogen (secondary N) is 1. The number of halogens is 1. The van der Waals surface area contributed by atoms with E-state index in [4.69, 9.17) is 16.3 Å². The lowest BCUT2D eigenvalue weighted by Crippen LogP contribution is -2.23. The fourth-order valence-corrected chi connectivity index (χ4v) is 1.25. The minimum absolute atomic E-state index is 0.724. The highest BCUT2D eigenvalue weighted by Gasteiger charge is 2.00. The molecule has 5 heteroatoms. The van der Waals surface area contributed by atoms with Gasteiger partial charge in [-0.1, -0.05) is 11.6 Å². The van der Waals surface area contributed by atoms with Gasteiger partial charge in [-0.15, -0.1) is 0 Å². The maximum Gasteiger partial charge on any atom is 0.0814 e. The van der Waals surface area contributed by atoms with Gasteiger partial charge in [0.15, 0.2) is 0 Å². The van der Waals surface area contributed by atoms with Crippen molar-refractivity contribution in [3.63, 3.8) is 0 Å². The van der Waals surface area contributed by atoms with Crippen molar-refractivity contribution in [2.24, 2.45) is 0 Å². The van der Waals surface area contributed by atoms with E-state index in [1.165, 1.54) is 0 Å². The number of hydrogen-bond donors (Lipinski definition) is 1. The zero-order valence-corrected chi connectivity index (χ0v) is 9.34. The second-order valence-corrected chi connectivity index (χ2v) is 3.48. The zero-order chi connectivity index (χ0) is 10.4. The van der Waals surface area contributed by atoms with Gasteiger partial charge in [0.25, 0.3) is 0 Å². The van der Waals surface area contributed by atoms with Gasteiger partial charge in [-0.05, 0) is 6.92 Å². The monoisotopic (exact) mass is 217 g/mol. The molecule has 0 saturated heterocycles. The normalized spacial score (nSPS) is 10.8. The minimum Gasteiger partial charge on any atom is -0.383 e. The van der Waals surface area contributed by atoms with Crippen LogP contribution in [0.15, 0.2) is 6.20 Å². The predicted octanol–water partition coefficient (Wildman–Crippen LogP) is 1.08. The van der Waals surface area contributed by atoms with Crippen molar-refractivity contribution in [1.82, 2.24) is 15.1 Å². The summed E-state index contributed by atoms with van der Waals surface area (Å²) in [6, 6.07) is 0. The Balaban J connectivity index is 2.18. The van der Waals surface area contributed by atoms with Crippen molar-refractivity contribution >= 4 is 11.6 Å². The van der Waals surface area contributed by atoms with Crippen molar-refractivity contribution < 1.29 is 4.74 Å². The van der Waals surface area contributed by atoms with Crippen LogP contribution in [0.3, 0.4) is 0 Å². The van der Waals surface area contributed by atoms with Gasteiger partial charge in [-0.25, -0.2) is 0 Å². The highest BCUT2D eigenvalue weighted by Crippen LogP contribution is 2.11. The first-order chi connectivity index (χ1) is 6.74. The number of ether oxygens (including phenoxy) is 1. The van der Waals surface area contributed by atoms with Gasteiger partial charge < -0.3 is 10.1 Å². The number of nitrogens with zero attached hydrogens (tertiary/aromatic N) is 2. The van der Waals surface area contributed by atoms with Gasteiger partial charge in [0.2, 0.25) is 0 Å². The first-order valence-electron chi connectivity index (χ1n) is 4.63. The summed E-state index contributed by atoms with van der Waals surface area (Å²) in [5.41, 5.74) is 0.878. The number of aryl methyl sites for hydroxylation is 1. The summed E-state index contributed by atoms with van der Waals surface area (Å²) in [6.07, 6.45) is 1.84. The fraction of sp³-hybridized carbons (Fsp3) is 0.667. The van der Waals surface area contributed by atoms with Gasteiger partial charge in [-0.3, -0.25) is 4.68 Å². The maximum atomic E-state index is 5.87. The van der Waals surface area contributed by atoms with Crippen LogP contribution < -0.4 is 5.32 Å². The zero-order valence-electron chi connectivity index (χ0n) is 8.59. The molecule has 80 valence electrons. The summed E-state index contributed by atoms with van der Waals surface area (Å²) in [4.78, 5) is 0. The molecule has 0 radical (unpaired) electrons. The van der Waals surface area contributed by atoms with Crippen LogP contribution in [0.25, 0.3) is 0 Å². The molecule has 0 spiro atoms. The van der Waals surface area contributed by atoms with Gasteiger partial charge in [0, 0.05) is 26.4 Å². The maximum absolute atomic E-state index is 5.87. The van der Waals surface area contributed by atoms with E-state index in [1.807, 2.05) is 17.8 Å². The molecule has 0 aliphatic carbocycles. The van der Waals surface area contributed by atoms with Crippen molar-refractivity contribution in [2.45, 2.75) is 13.5 Å². The number of rotatable bonds is 6. The summed E-state index contributed by atoms with van der Waals surface area (Å²) < 4.78 is 6.76. The van der Waals surface area contributed by atoms with E-state index in [9.17, 15) is 0 Å². The number of hydrogen-bond acceptors (Lipinski definition) is 3. The Morgan fingerprint density at radius 1 is 1.57 bits per heavy atom. The van der Waals surface area contributed by atoms with Crippen molar-refractivity contribution in [2.75, 3.05) is 26.8 Å². The van der Waals surface area contributed by atoms with E-state index in [2.05, 4.69) is 10.4 Å². The lowest BCUT2D eigenvalue weighted by molar-refractivity contribution is 0.199. The minimum atomic E-state index is 0.724. The first kappa shape index (κ1) is 11.5. The molecule has 0 amide bonds. The molecule has 0 saturated carbocycles. The van der Waals surface area contributed by atoms with Gasteiger partial charge in [0.1, 0.15) is 0 Å². The Hall–Kier alpha value is -0.580. The average molecular weight is 218 g/mol. The van der Waals surface area contributed by atoms with E-state index in [1.54, 1.807) is 7.11 Å². The third-order valence-corrected chi connectivity index (χ3v) is 2.26. The summed E-state index contributed by atoms with van der Waals surface area (Å²) in [7, 11) is 1.69. The van der Waals surface area contributed by atoms with Crippen LogP contribution in [-0.2, 0) is 11.3 Å². The predicted molar refractivity (Wildman–Crippen MR) is 56.7 cm³/mol. The lowest BCUT2D eigenvalue weighted by atomic mass is 10.5. The number of methoxy groups -OCH3 is 1. The van der Waals surface area contributed by atoms with Crippen LogP contribution in [0.4, 0.5) is 0 Å². The van der Waals surface area contributed by atoms with Gasteiger partial charge in [-0.2, -0.15) is 5.10 Å². The summed E-state index contributed by atoms with van der Waals surface area (Å²) in [5, 5.41) is 8.20. The molecule has 1 rings (SSSR count). The van der Waals surface area contributed by atoms with E-state index >= 15 is 0 Å². The molecule has 1 aromatic rings. The molecular formula is C9H16ClN3O. The molecule has 4 nitrogen and oxygen atoms in total. The Morgan fingerprint density at radius 3 is 2.93 bits per heavy atom. The molecule has 0 aliphatic heterocycles. The van der Waals surface area contributed by atoms with Crippen molar-refractivity contribution in [3.8, 4) is 0 Å². The van der Waals surface area contributed by atoms with Crippen molar-refractivity contribution in [1.29, 1.82) is 0 Å². The summed E-state index contributed by atoms with van der Waals surface area (Å²) >= 11 is 5.87. The topological polar surface area (TPSA) is 39.1 Å². The highest BCUT2D eigenvalue weighted by atomic mass is 35.5. The van der Waals surface area contributed by atoms with E-state index in [-0.39, 0.29) is 0 Å². The summed E-state index contributed by atoms with van der Waals surface area (Å²) in [5.74, 6) is 0. The molecule has 1 aromatic heterocycles. The molecule has 0 aromatic carbocycles. The molecule has 1 heterocycles. The largest absolute Gasteiger partial charge is 0.383 e. The van der Waals surface area contributed by atoms with Crippen LogP contribution in [-0.4, -0.2) is 36.6 Å². The average Bonchev–Trinajstić information content (AvgIpc) is 2.46. The van der Waals surface area contributed by atoms with Crippen LogP contribution in [0.1, 0.15) is 5.69 Å². The van der Waals surface area contributed by atoms with Gasteiger partial charge >= 0.3 is 0 Å². The van der Waals surface area contributed by atoms with E-state index in [0.29, 0.717) is 0 Å². The van der Waals surface area contributed by atoms with E-state index in [0.717, 1.165) is 37.0 Å². The molecule has 0 atom stereocenters. The van der Waals surface area contributed by atoms with Crippen molar-refractivity contribution in [3.05, 3.63) is 16.9 Å². The highest BCUT2D eigenvalue weighted by molar-refractivity contribution is 6.31.